The Kier molecular flexibility index (Phi) is 3.35. The Labute approximate surface area is 129 Å². The minimum Gasteiger partial charge on any atom is -0.398 e. The van der Waals surface area contributed by atoms with Crippen molar-refractivity contribution in [3.63, 3.8) is 0 Å². The van der Waals surface area contributed by atoms with E-state index in [9.17, 15) is 0 Å². The molecule has 0 aliphatic carbocycles. The maximum Gasteiger partial charge on any atom is 0.518 e. The van der Waals surface area contributed by atoms with Crippen molar-refractivity contribution in [3.8, 4) is 5.69 Å². The molecule has 0 atom stereocenters. The largest absolute Gasteiger partial charge is 0.518 e. The van der Waals surface area contributed by atoms with Crippen LogP contribution in [-0.2, 0) is 9.31 Å². The van der Waals surface area contributed by atoms with Crippen LogP contribution >= 0.6 is 11.6 Å². The van der Waals surface area contributed by atoms with Crippen molar-refractivity contribution >= 4 is 24.3 Å². The fourth-order valence-corrected chi connectivity index (χ4v) is 2.33. The molecule has 0 saturated carbocycles. The molecule has 7 heteroatoms. The predicted molar refractivity (Wildman–Crippen MR) is 82.1 cm³/mol. The van der Waals surface area contributed by atoms with Crippen LogP contribution in [0.2, 0.25) is 5.02 Å². The quantitative estimate of drug-likeness (QED) is 0.798. The van der Waals surface area contributed by atoms with Gasteiger partial charge in [-0.25, -0.2) is 4.68 Å². The summed E-state index contributed by atoms with van der Waals surface area (Å²) in [7, 11) is -0.522. The van der Waals surface area contributed by atoms with Crippen molar-refractivity contribution in [2.24, 2.45) is 0 Å². The highest BCUT2D eigenvalue weighted by Gasteiger charge is 2.52. The van der Waals surface area contributed by atoms with Gasteiger partial charge in [-0.3, -0.25) is 0 Å². The van der Waals surface area contributed by atoms with Crippen LogP contribution in [0.3, 0.4) is 0 Å². The van der Waals surface area contributed by atoms with Gasteiger partial charge in [-0.2, -0.15) is 0 Å². The second kappa shape index (κ2) is 4.83. The van der Waals surface area contributed by atoms with Gasteiger partial charge in [0.25, 0.3) is 0 Å². The van der Waals surface area contributed by atoms with Gasteiger partial charge < -0.3 is 9.31 Å². The standard InChI is InChI=1S/C14H17BClN3O2/c1-13(2)14(3,4)21-15(20-13)12-9-19(18-17-12)11-8-6-5-7-10(11)16/h5-9H,1-4H3. The van der Waals surface area contributed by atoms with Crippen molar-refractivity contribution in [3.05, 3.63) is 35.5 Å². The molecular formula is C14H17BClN3O2. The van der Waals surface area contributed by atoms with Crippen LogP contribution in [0.25, 0.3) is 5.69 Å². The summed E-state index contributed by atoms with van der Waals surface area (Å²) in [5.74, 6) is 0. The Morgan fingerprint density at radius 3 is 2.33 bits per heavy atom. The number of hydrogen-bond donors (Lipinski definition) is 0. The first-order chi connectivity index (χ1) is 9.80. The van der Waals surface area contributed by atoms with Crippen LogP contribution in [0, 0.1) is 0 Å². The zero-order valence-electron chi connectivity index (χ0n) is 12.5. The van der Waals surface area contributed by atoms with Gasteiger partial charge in [0.15, 0.2) is 0 Å². The van der Waals surface area contributed by atoms with Crippen LogP contribution < -0.4 is 5.59 Å². The van der Waals surface area contributed by atoms with Gasteiger partial charge in [-0.15, -0.1) is 5.10 Å². The molecule has 0 N–H and O–H groups in total. The maximum absolute atomic E-state index is 6.17. The van der Waals surface area contributed by atoms with E-state index in [0.29, 0.717) is 10.6 Å². The molecular weight excluding hydrogens is 288 g/mol. The van der Waals surface area contributed by atoms with Crippen LogP contribution in [-0.4, -0.2) is 33.3 Å². The van der Waals surface area contributed by atoms with E-state index in [0.717, 1.165) is 5.69 Å². The predicted octanol–water partition coefficient (Wildman–Crippen LogP) is 2.22. The minimum absolute atomic E-state index is 0.397. The summed E-state index contributed by atoms with van der Waals surface area (Å²) in [5, 5.41) is 8.87. The van der Waals surface area contributed by atoms with Gasteiger partial charge in [-0.1, -0.05) is 28.9 Å². The molecule has 0 bridgehead atoms. The van der Waals surface area contributed by atoms with E-state index in [4.69, 9.17) is 20.9 Å². The number of nitrogens with zero attached hydrogens (tertiary/aromatic N) is 3. The Balaban J connectivity index is 1.89. The summed E-state index contributed by atoms with van der Waals surface area (Å²) >= 11 is 6.17. The lowest BCUT2D eigenvalue weighted by molar-refractivity contribution is 0.00578. The molecule has 1 saturated heterocycles. The lowest BCUT2D eigenvalue weighted by Crippen LogP contribution is -2.41. The highest BCUT2D eigenvalue weighted by molar-refractivity contribution is 6.61. The van der Waals surface area contributed by atoms with Crippen LogP contribution in [0.4, 0.5) is 0 Å². The van der Waals surface area contributed by atoms with E-state index < -0.39 is 18.3 Å². The number of rotatable bonds is 2. The molecule has 0 unspecified atom stereocenters. The monoisotopic (exact) mass is 305 g/mol. The molecule has 0 radical (unpaired) electrons. The first kappa shape index (κ1) is 14.6. The summed E-state index contributed by atoms with van der Waals surface area (Å²) < 4.78 is 13.5. The topological polar surface area (TPSA) is 49.2 Å². The van der Waals surface area contributed by atoms with Gasteiger partial charge in [0.2, 0.25) is 0 Å². The Morgan fingerprint density at radius 1 is 1.10 bits per heavy atom. The smallest absolute Gasteiger partial charge is 0.398 e. The number of aromatic nitrogens is 3. The Bertz CT molecular complexity index is 656. The van der Waals surface area contributed by atoms with E-state index in [2.05, 4.69) is 10.3 Å². The zero-order valence-corrected chi connectivity index (χ0v) is 13.3. The van der Waals surface area contributed by atoms with Crippen molar-refractivity contribution in [1.29, 1.82) is 0 Å². The van der Waals surface area contributed by atoms with E-state index in [1.807, 2.05) is 52.0 Å². The van der Waals surface area contributed by atoms with Crippen LogP contribution in [0.5, 0.6) is 0 Å². The van der Waals surface area contributed by atoms with Crippen molar-refractivity contribution in [2.45, 2.75) is 38.9 Å². The molecule has 1 aliphatic heterocycles. The average Bonchev–Trinajstić information content (AvgIpc) is 2.94. The SMILES string of the molecule is CC1(C)OB(c2cn(-c3ccccc3Cl)nn2)OC1(C)C. The molecule has 0 amide bonds. The number of para-hydroxylation sites is 1. The molecule has 1 aliphatic rings. The van der Waals surface area contributed by atoms with E-state index in [1.165, 1.54) is 0 Å². The molecule has 0 spiro atoms. The van der Waals surface area contributed by atoms with Crippen molar-refractivity contribution in [1.82, 2.24) is 15.0 Å². The average molecular weight is 306 g/mol. The van der Waals surface area contributed by atoms with Crippen molar-refractivity contribution < 1.29 is 9.31 Å². The molecule has 2 heterocycles. The first-order valence-corrected chi connectivity index (χ1v) is 7.21. The fourth-order valence-electron chi connectivity index (χ4n) is 2.10. The van der Waals surface area contributed by atoms with Crippen LogP contribution in [0.1, 0.15) is 27.7 Å². The lowest BCUT2D eigenvalue weighted by atomic mass is 9.86. The third-order valence-corrected chi connectivity index (χ3v) is 4.42. The molecule has 2 aromatic rings. The van der Waals surface area contributed by atoms with Crippen molar-refractivity contribution in [2.75, 3.05) is 0 Å². The second-order valence-corrected chi connectivity index (χ2v) is 6.53. The Hall–Kier alpha value is -1.37. The van der Waals surface area contributed by atoms with Gasteiger partial charge in [-0.05, 0) is 39.8 Å². The number of hydrogen-bond acceptors (Lipinski definition) is 4. The number of halogens is 1. The molecule has 1 aromatic heterocycles. The molecule has 1 fully saturated rings. The summed E-state index contributed by atoms with van der Waals surface area (Å²) in [6.45, 7) is 8.02. The summed E-state index contributed by atoms with van der Waals surface area (Å²) in [6.07, 6.45) is 1.78. The maximum atomic E-state index is 6.17. The van der Waals surface area contributed by atoms with E-state index in [1.54, 1.807) is 10.9 Å². The summed E-state index contributed by atoms with van der Waals surface area (Å²) in [5.41, 5.74) is 0.612. The fraction of sp³-hybridized carbons (Fsp3) is 0.429. The Morgan fingerprint density at radius 2 is 1.71 bits per heavy atom. The third-order valence-electron chi connectivity index (χ3n) is 4.11. The van der Waals surface area contributed by atoms with E-state index in [-0.39, 0.29) is 0 Å². The lowest BCUT2D eigenvalue weighted by Gasteiger charge is -2.32. The highest BCUT2D eigenvalue weighted by Crippen LogP contribution is 2.36. The molecule has 3 rings (SSSR count). The third kappa shape index (κ3) is 2.48. The van der Waals surface area contributed by atoms with Gasteiger partial charge in [0.1, 0.15) is 5.59 Å². The zero-order chi connectivity index (χ0) is 15.3. The summed E-state index contributed by atoms with van der Waals surface area (Å²) in [6, 6.07) is 7.47. The minimum atomic E-state index is -0.522. The normalized spacial score (nSPS) is 20.0. The number of benzene rings is 1. The van der Waals surface area contributed by atoms with Crippen LogP contribution in [0.15, 0.2) is 30.5 Å². The van der Waals surface area contributed by atoms with Gasteiger partial charge in [0.05, 0.1) is 28.1 Å². The first-order valence-electron chi connectivity index (χ1n) is 6.83. The molecule has 5 nitrogen and oxygen atoms in total. The van der Waals surface area contributed by atoms with E-state index >= 15 is 0 Å². The van der Waals surface area contributed by atoms with Gasteiger partial charge in [0, 0.05) is 0 Å². The molecule has 110 valence electrons. The second-order valence-electron chi connectivity index (χ2n) is 6.13. The highest BCUT2D eigenvalue weighted by atomic mass is 35.5. The molecule has 1 aromatic carbocycles. The van der Waals surface area contributed by atoms with Gasteiger partial charge >= 0.3 is 7.12 Å². The molecule has 21 heavy (non-hydrogen) atoms. The summed E-state index contributed by atoms with van der Waals surface area (Å²) in [4.78, 5) is 0.